The number of hydrogen-bond acceptors (Lipinski definition) is 3. The molecule has 2 rings (SSSR count). The SMILES string of the molecule is O=C(NC(=S)Nc1ccc(Br)cn1)c1ccccc1. The lowest BCUT2D eigenvalue weighted by Crippen LogP contribution is -2.34. The number of nitrogens with one attached hydrogen (secondary N) is 2. The number of nitrogens with zero attached hydrogens (tertiary/aromatic N) is 1. The number of rotatable bonds is 2. The molecule has 0 unspecified atom stereocenters. The summed E-state index contributed by atoms with van der Waals surface area (Å²) >= 11 is 8.34. The van der Waals surface area contributed by atoms with Crippen molar-refractivity contribution in [1.29, 1.82) is 0 Å². The van der Waals surface area contributed by atoms with Gasteiger partial charge in [-0.2, -0.15) is 0 Å². The van der Waals surface area contributed by atoms with E-state index in [0.29, 0.717) is 11.4 Å². The molecule has 0 aliphatic heterocycles. The number of amides is 1. The van der Waals surface area contributed by atoms with Crippen LogP contribution in [-0.4, -0.2) is 16.0 Å². The van der Waals surface area contributed by atoms with E-state index < -0.39 is 0 Å². The number of carbonyl (C=O) groups is 1. The van der Waals surface area contributed by atoms with Gasteiger partial charge >= 0.3 is 0 Å². The van der Waals surface area contributed by atoms with E-state index in [1.807, 2.05) is 12.1 Å². The lowest BCUT2D eigenvalue weighted by Gasteiger charge is -2.08. The third kappa shape index (κ3) is 4.11. The zero-order valence-electron chi connectivity index (χ0n) is 9.76. The Morgan fingerprint density at radius 3 is 2.53 bits per heavy atom. The summed E-state index contributed by atoms with van der Waals surface area (Å²) in [5.74, 6) is 0.316. The van der Waals surface area contributed by atoms with Crippen LogP contribution in [0, 0.1) is 0 Å². The molecule has 2 N–H and O–H groups in total. The van der Waals surface area contributed by atoms with Crippen molar-refractivity contribution in [2.45, 2.75) is 0 Å². The van der Waals surface area contributed by atoms with Crippen molar-refractivity contribution in [3.05, 3.63) is 58.7 Å². The molecular weight excluding hydrogens is 326 g/mol. The van der Waals surface area contributed by atoms with E-state index in [2.05, 4.69) is 31.5 Å². The minimum Gasteiger partial charge on any atom is -0.317 e. The third-order valence-corrected chi connectivity index (χ3v) is 2.91. The molecule has 6 heteroatoms. The Kier molecular flexibility index (Phi) is 4.59. The van der Waals surface area contributed by atoms with Gasteiger partial charge in [0.05, 0.1) is 0 Å². The highest BCUT2D eigenvalue weighted by molar-refractivity contribution is 9.10. The third-order valence-electron chi connectivity index (χ3n) is 2.23. The standard InChI is InChI=1S/C13H10BrN3OS/c14-10-6-7-11(15-8-10)16-13(19)17-12(18)9-4-2-1-3-5-9/h1-8H,(H2,15,16,17,18,19). The molecule has 0 atom stereocenters. The molecule has 96 valence electrons. The second-order valence-corrected chi connectivity index (χ2v) is 4.96. The Bertz CT molecular complexity index is 587. The lowest BCUT2D eigenvalue weighted by molar-refractivity contribution is 0.0978. The van der Waals surface area contributed by atoms with E-state index in [4.69, 9.17) is 12.2 Å². The van der Waals surface area contributed by atoms with Gasteiger partial charge in [-0.15, -0.1) is 0 Å². The van der Waals surface area contributed by atoms with E-state index in [-0.39, 0.29) is 11.0 Å². The Morgan fingerprint density at radius 1 is 1.16 bits per heavy atom. The minimum atomic E-state index is -0.254. The first-order valence-corrected chi connectivity index (χ1v) is 6.64. The van der Waals surface area contributed by atoms with E-state index >= 15 is 0 Å². The largest absolute Gasteiger partial charge is 0.317 e. The van der Waals surface area contributed by atoms with E-state index in [9.17, 15) is 4.79 Å². The van der Waals surface area contributed by atoms with Crippen molar-refractivity contribution < 1.29 is 4.79 Å². The number of hydrogen-bond donors (Lipinski definition) is 2. The molecule has 0 saturated heterocycles. The second kappa shape index (κ2) is 6.40. The molecule has 4 nitrogen and oxygen atoms in total. The number of pyridine rings is 1. The van der Waals surface area contributed by atoms with E-state index in [1.165, 1.54) is 0 Å². The summed E-state index contributed by atoms with van der Waals surface area (Å²) < 4.78 is 0.872. The topological polar surface area (TPSA) is 54.0 Å². The van der Waals surface area contributed by atoms with Crippen molar-refractivity contribution in [3.63, 3.8) is 0 Å². The molecule has 2 aromatic rings. The molecule has 0 aliphatic carbocycles. The van der Waals surface area contributed by atoms with Gasteiger partial charge in [0.2, 0.25) is 0 Å². The highest BCUT2D eigenvalue weighted by Gasteiger charge is 2.07. The molecule has 0 fully saturated rings. The highest BCUT2D eigenvalue weighted by atomic mass is 79.9. The molecular formula is C13H10BrN3OS. The Labute approximate surface area is 124 Å². The number of aromatic nitrogens is 1. The van der Waals surface area contributed by atoms with Gasteiger partial charge in [-0.25, -0.2) is 4.98 Å². The molecule has 1 amide bonds. The first-order valence-electron chi connectivity index (χ1n) is 5.44. The Morgan fingerprint density at radius 2 is 1.89 bits per heavy atom. The molecule has 0 radical (unpaired) electrons. The second-order valence-electron chi connectivity index (χ2n) is 3.64. The number of carbonyl (C=O) groups excluding carboxylic acids is 1. The summed E-state index contributed by atoms with van der Waals surface area (Å²) in [6.45, 7) is 0. The van der Waals surface area contributed by atoms with Crippen LogP contribution in [0.15, 0.2) is 53.1 Å². The van der Waals surface area contributed by atoms with Crippen LogP contribution in [-0.2, 0) is 0 Å². The molecule has 0 spiro atoms. The average Bonchev–Trinajstić information content (AvgIpc) is 2.42. The zero-order chi connectivity index (χ0) is 13.7. The summed E-state index contributed by atoms with van der Waals surface area (Å²) in [6, 6.07) is 12.5. The highest BCUT2D eigenvalue weighted by Crippen LogP contribution is 2.10. The van der Waals surface area contributed by atoms with Crippen LogP contribution in [0.3, 0.4) is 0 Å². The molecule has 1 heterocycles. The average molecular weight is 336 g/mol. The minimum absolute atomic E-state index is 0.212. The molecule has 1 aromatic carbocycles. The normalized spacial score (nSPS) is 9.74. The summed E-state index contributed by atoms with van der Waals surface area (Å²) in [5.41, 5.74) is 0.551. The van der Waals surface area contributed by atoms with Crippen LogP contribution < -0.4 is 10.6 Å². The monoisotopic (exact) mass is 335 g/mol. The fourth-order valence-corrected chi connectivity index (χ4v) is 1.79. The van der Waals surface area contributed by atoms with Gasteiger partial charge < -0.3 is 5.32 Å². The van der Waals surface area contributed by atoms with Gasteiger partial charge in [-0.05, 0) is 52.4 Å². The van der Waals surface area contributed by atoms with E-state index in [0.717, 1.165) is 4.47 Å². The van der Waals surface area contributed by atoms with Gasteiger partial charge in [0.1, 0.15) is 5.82 Å². The van der Waals surface area contributed by atoms with Crippen LogP contribution >= 0.6 is 28.1 Å². The maximum absolute atomic E-state index is 11.8. The van der Waals surface area contributed by atoms with Crippen LogP contribution in [0.4, 0.5) is 5.82 Å². The van der Waals surface area contributed by atoms with Crippen molar-refractivity contribution in [2.24, 2.45) is 0 Å². The summed E-state index contributed by atoms with van der Waals surface area (Å²) in [4.78, 5) is 15.9. The first kappa shape index (κ1) is 13.6. The predicted octanol–water partition coefficient (Wildman–Crippen LogP) is 2.97. The quantitative estimate of drug-likeness (QED) is 0.828. The van der Waals surface area contributed by atoms with Crippen molar-refractivity contribution in [1.82, 2.24) is 10.3 Å². The maximum Gasteiger partial charge on any atom is 0.257 e. The van der Waals surface area contributed by atoms with Crippen LogP contribution in [0.2, 0.25) is 0 Å². The van der Waals surface area contributed by atoms with Crippen LogP contribution in [0.1, 0.15) is 10.4 Å². The summed E-state index contributed by atoms with van der Waals surface area (Å²) in [5, 5.41) is 5.64. The van der Waals surface area contributed by atoms with Gasteiger partial charge in [-0.3, -0.25) is 10.1 Å². The Hall–Kier alpha value is -1.79. The van der Waals surface area contributed by atoms with E-state index in [1.54, 1.807) is 36.5 Å². The zero-order valence-corrected chi connectivity index (χ0v) is 12.2. The van der Waals surface area contributed by atoms with Gasteiger partial charge in [-0.1, -0.05) is 18.2 Å². The predicted molar refractivity (Wildman–Crippen MR) is 82.1 cm³/mol. The van der Waals surface area contributed by atoms with Crippen molar-refractivity contribution in [3.8, 4) is 0 Å². The smallest absolute Gasteiger partial charge is 0.257 e. The van der Waals surface area contributed by atoms with Crippen molar-refractivity contribution >= 4 is 45.0 Å². The van der Waals surface area contributed by atoms with Gasteiger partial charge in [0, 0.05) is 16.2 Å². The number of benzene rings is 1. The fourth-order valence-electron chi connectivity index (χ4n) is 1.36. The molecule has 0 aliphatic rings. The molecule has 0 bridgehead atoms. The maximum atomic E-state index is 11.8. The fraction of sp³-hybridized carbons (Fsp3) is 0. The molecule has 1 aromatic heterocycles. The van der Waals surface area contributed by atoms with Crippen LogP contribution in [0.5, 0.6) is 0 Å². The number of halogens is 1. The lowest BCUT2D eigenvalue weighted by atomic mass is 10.2. The van der Waals surface area contributed by atoms with Crippen molar-refractivity contribution in [2.75, 3.05) is 5.32 Å². The number of thiocarbonyl (C=S) groups is 1. The van der Waals surface area contributed by atoms with Gasteiger partial charge in [0.15, 0.2) is 5.11 Å². The molecule has 0 saturated carbocycles. The summed E-state index contributed by atoms with van der Waals surface area (Å²) in [7, 11) is 0. The Balaban J connectivity index is 1.95. The van der Waals surface area contributed by atoms with Crippen LogP contribution in [0.25, 0.3) is 0 Å². The van der Waals surface area contributed by atoms with Gasteiger partial charge in [0.25, 0.3) is 5.91 Å². The first-order chi connectivity index (χ1) is 9.15. The number of anilines is 1. The molecule has 19 heavy (non-hydrogen) atoms. The summed E-state index contributed by atoms with van der Waals surface area (Å²) in [6.07, 6.45) is 1.64.